The van der Waals surface area contributed by atoms with Crippen LogP contribution in [0.2, 0.25) is 5.02 Å². The lowest BCUT2D eigenvalue weighted by Gasteiger charge is -2.08. The SMILES string of the molecule is COc1ccc(NC(=O)COc2ccc(/C=N\NC(=O)CSCc3ccccc3Cl)cc2)cc1. The van der Waals surface area contributed by atoms with Crippen LogP contribution in [0.15, 0.2) is 77.9 Å². The number of nitrogens with zero attached hydrogens (tertiary/aromatic N) is 1. The van der Waals surface area contributed by atoms with E-state index in [0.29, 0.717) is 28.0 Å². The molecule has 2 amide bonds. The Morgan fingerprint density at radius 3 is 2.38 bits per heavy atom. The first-order valence-electron chi connectivity index (χ1n) is 10.3. The highest BCUT2D eigenvalue weighted by atomic mass is 35.5. The Morgan fingerprint density at radius 2 is 1.68 bits per heavy atom. The summed E-state index contributed by atoms with van der Waals surface area (Å²) in [6.07, 6.45) is 1.54. The zero-order valence-corrected chi connectivity index (χ0v) is 20.1. The van der Waals surface area contributed by atoms with Crippen molar-refractivity contribution in [1.29, 1.82) is 0 Å². The van der Waals surface area contributed by atoms with Crippen molar-refractivity contribution in [2.45, 2.75) is 5.75 Å². The summed E-state index contributed by atoms with van der Waals surface area (Å²) in [6.45, 7) is -0.124. The standard InChI is InChI=1S/C25H24ClN3O4S/c1-32-21-12-8-20(9-13-21)28-24(30)15-33-22-10-6-18(7-11-22)14-27-29-25(31)17-34-16-19-4-2-3-5-23(19)26/h2-14H,15-17H2,1H3,(H,28,30)(H,29,31)/b27-14-. The number of hydrogen-bond acceptors (Lipinski definition) is 6. The molecule has 0 spiro atoms. The maximum atomic E-state index is 12.0. The van der Waals surface area contributed by atoms with Crippen molar-refractivity contribution in [3.8, 4) is 11.5 Å². The van der Waals surface area contributed by atoms with E-state index in [1.165, 1.54) is 18.0 Å². The molecule has 0 radical (unpaired) electrons. The number of rotatable bonds is 11. The van der Waals surface area contributed by atoms with Crippen molar-refractivity contribution in [3.63, 3.8) is 0 Å². The first-order valence-corrected chi connectivity index (χ1v) is 11.9. The van der Waals surface area contributed by atoms with Gasteiger partial charge >= 0.3 is 0 Å². The van der Waals surface area contributed by atoms with Crippen molar-refractivity contribution in [2.75, 3.05) is 24.8 Å². The molecular weight excluding hydrogens is 474 g/mol. The van der Waals surface area contributed by atoms with Crippen LogP contribution < -0.4 is 20.2 Å². The molecule has 3 rings (SSSR count). The highest BCUT2D eigenvalue weighted by molar-refractivity contribution is 7.99. The molecule has 0 saturated carbocycles. The number of hydrogen-bond donors (Lipinski definition) is 2. The lowest BCUT2D eigenvalue weighted by Crippen LogP contribution is -2.20. The molecule has 0 saturated heterocycles. The number of carbonyl (C=O) groups excluding carboxylic acids is 2. The minimum absolute atomic E-state index is 0.124. The summed E-state index contributed by atoms with van der Waals surface area (Å²) in [5.74, 6) is 1.71. The monoisotopic (exact) mass is 497 g/mol. The summed E-state index contributed by atoms with van der Waals surface area (Å²) >= 11 is 7.57. The van der Waals surface area contributed by atoms with E-state index in [4.69, 9.17) is 21.1 Å². The van der Waals surface area contributed by atoms with E-state index in [2.05, 4.69) is 15.8 Å². The smallest absolute Gasteiger partial charge is 0.262 e. The van der Waals surface area contributed by atoms with Crippen LogP contribution >= 0.6 is 23.4 Å². The Bertz CT molecular complexity index is 1120. The molecule has 3 aromatic rings. The number of amides is 2. The molecule has 0 heterocycles. The third kappa shape index (κ3) is 8.46. The third-order valence-electron chi connectivity index (χ3n) is 4.48. The highest BCUT2D eigenvalue weighted by Gasteiger charge is 2.05. The van der Waals surface area contributed by atoms with Crippen molar-refractivity contribution < 1.29 is 19.1 Å². The van der Waals surface area contributed by atoms with Gasteiger partial charge in [-0.25, -0.2) is 5.43 Å². The van der Waals surface area contributed by atoms with E-state index in [1.54, 1.807) is 55.6 Å². The Morgan fingerprint density at radius 1 is 0.971 bits per heavy atom. The molecule has 0 fully saturated rings. The predicted molar refractivity (Wildman–Crippen MR) is 137 cm³/mol. The van der Waals surface area contributed by atoms with Gasteiger partial charge in [0.1, 0.15) is 11.5 Å². The lowest BCUT2D eigenvalue weighted by atomic mass is 10.2. The van der Waals surface area contributed by atoms with Gasteiger partial charge in [0.05, 0.1) is 19.1 Å². The molecule has 0 unspecified atom stereocenters. The van der Waals surface area contributed by atoms with Gasteiger partial charge in [0.2, 0.25) is 5.91 Å². The van der Waals surface area contributed by atoms with Crippen LogP contribution in [0.3, 0.4) is 0 Å². The average Bonchev–Trinajstić information content (AvgIpc) is 2.85. The summed E-state index contributed by atoms with van der Waals surface area (Å²) in [7, 11) is 1.58. The summed E-state index contributed by atoms with van der Waals surface area (Å²) in [5.41, 5.74) is 4.93. The van der Waals surface area contributed by atoms with E-state index in [-0.39, 0.29) is 24.2 Å². The second-order valence-electron chi connectivity index (χ2n) is 7.01. The van der Waals surface area contributed by atoms with Gasteiger partial charge in [0.25, 0.3) is 5.91 Å². The number of nitrogens with one attached hydrogen (secondary N) is 2. The Hall–Kier alpha value is -3.49. The van der Waals surface area contributed by atoms with Crippen molar-refractivity contribution >= 4 is 47.1 Å². The summed E-state index contributed by atoms with van der Waals surface area (Å²) in [4.78, 5) is 24.0. The van der Waals surface area contributed by atoms with E-state index >= 15 is 0 Å². The molecule has 176 valence electrons. The molecule has 0 aliphatic rings. The van der Waals surface area contributed by atoms with Gasteiger partial charge in [-0.05, 0) is 65.7 Å². The van der Waals surface area contributed by atoms with Crippen LogP contribution in [0.4, 0.5) is 5.69 Å². The Labute approximate surface area is 207 Å². The first-order chi connectivity index (χ1) is 16.5. The molecular formula is C25H24ClN3O4S. The van der Waals surface area contributed by atoms with Crippen LogP contribution in [0.5, 0.6) is 11.5 Å². The number of hydrazone groups is 1. The van der Waals surface area contributed by atoms with E-state index < -0.39 is 0 Å². The molecule has 0 aliphatic heterocycles. The summed E-state index contributed by atoms with van der Waals surface area (Å²) < 4.78 is 10.6. The molecule has 7 nitrogen and oxygen atoms in total. The number of anilines is 1. The van der Waals surface area contributed by atoms with Crippen LogP contribution in [-0.2, 0) is 15.3 Å². The fraction of sp³-hybridized carbons (Fsp3) is 0.160. The summed E-state index contributed by atoms with van der Waals surface area (Å²) in [5, 5.41) is 7.41. The first kappa shape index (κ1) is 25.1. The van der Waals surface area contributed by atoms with Gasteiger partial charge in [0.15, 0.2) is 6.61 Å². The zero-order valence-electron chi connectivity index (χ0n) is 18.5. The molecule has 0 aromatic heterocycles. The lowest BCUT2D eigenvalue weighted by molar-refractivity contribution is -0.119. The van der Waals surface area contributed by atoms with E-state index in [1.807, 2.05) is 24.3 Å². The summed E-state index contributed by atoms with van der Waals surface area (Å²) in [6, 6.07) is 21.6. The van der Waals surface area contributed by atoms with Crippen LogP contribution in [-0.4, -0.2) is 37.5 Å². The van der Waals surface area contributed by atoms with Gasteiger partial charge in [0, 0.05) is 16.5 Å². The van der Waals surface area contributed by atoms with Gasteiger partial charge in [-0.3, -0.25) is 9.59 Å². The Kier molecular flexibility index (Phi) is 9.81. The average molecular weight is 498 g/mol. The molecule has 3 aromatic carbocycles. The second kappa shape index (κ2) is 13.3. The number of benzene rings is 3. The zero-order chi connectivity index (χ0) is 24.2. The fourth-order valence-corrected chi connectivity index (χ4v) is 3.86. The fourth-order valence-electron chi connectivity index (χ4n) is 2.75. The minimum Gasteiger partial charge on any atom is -0.497 e. The molecule has 0 bridgehead atoms. The van der Waals surface area contributed by atoms with E-state index in [0.717, 1.165) is 11.1 Å². The van der Waals surface area contributed by atoms with Gasteiger partial charge in [-0.15, -0.1) is 11.8 Å². The van der Waals surface area contributed by atoms with Crippen LogP contribution in [0, 0.1) is 0 Å². The predicted octanol–water partition coefficient (Wildman–Crippen LogP) is 4.75. The van der Waals surface area contributed by atoms with Gasteiger partial charge in [-0.2, -0.15) is 5.10 Å². The molecule has 9 heteroatoms. The number of methoxy groups -OCH3 is 1. The molecule has 34 heavy (non-hydrogen) atoms. The van der Waals surface area contributed by atoms with Crippen molar-refractivity contribution in [2.24, 2.45) is 5.10 Å². The third-order valence-corrected chi connectivity index (χ3v) is 5.83. The maximum absolute atomic E-state index is 12.0. The maximum Gasteiger partial charge on any atom is 0.262 e. The van der Waals surface area contributed by atoms with Crippen molar-refractivity contribution in [3.05, 3.63) is 88.9 Å². The van der Waals surface area contributed by atoms with Crippen molar-refractivity contribution in [1.82, 2.24) is 5.43 Å². The normalized spacial score (nSPS) is 10.6. The van der Waals surface area contributed by atoms with Crippen LogP contribution in [0.1, 0.15) is 11.1 Å². The van der Waals surface area contributed by atoms with E-state index in [9.17, 15) is 9.59 Å². The molecule has 0 atom stereocenters. The minimum atomic E-state index is -0.272. The number of ether oxygens (including phenoxy) is 2. The second-order valence-corrected chi connectivity index (χ2v) is 8.40. The van der Waals surface area contributed by atoms with Gasteiger partial charge in [-0.1, -0.05) is 29.8 Å². The number of halogens is 1. The van der Waals surface area contributed by atoms with Gasteiger partial charge < -0.3 is 14.8 Å². The molecule has 2 N–H and O–H groups in total. The largest absolute Gasteiger partial charge is 0.497 e. The van der Waals surface area contributed by atoms with Crippen LogP contribution in [0.25, 0.3) is 0 Å². The highest BCUT2D eigenvalue weighted by Crippen LogP contribution is 2.20. The molecule has 0 aliphatic carbocycles. The number of thioether (sulfide) groups is 1. The topological polar surface area (TPSA) is 89.0 Å². The quantitative estimate of drug-likeness (QED) is 0.295. The number of carbonyl (C=O) groups is 2. The Balaban J connectivity index is 1.36.